The SMILES string of the molecule is Cc1cc2nc(-c3nnnn3CCC(=O)O)c(=O)n(C[C@H](O)[C@H](O)[C@H](O)CO)c2cc1C. The first kappa shape index (κ1) is 23.4. The molecule has 0 bridgehead atoms. The maximum atomic E-state index is 13.3. The van der Waals surface area contributed by atoms with Crippen molar-refractivity contribution in [1.82, 2.24) is 29.8 Å². The summed E-state index contributed by atoms with van der Waals surface area (Å²) in [5, 5.41) is 59.1. The van der Waals surface area contributed by atoms with E-state index in [1.54, 1.807) is 12.1 Å². The Labute approximate surface area is 181 Å². The van der Waals surface area contributed by atoms with Gasteiger partial charge < -0.3 is 30.1 Å². The van der Waals surface area contributed by atoms with Crippen LogP contribution in [0, 0.1) is 13.8 Å². The van der Waals surface area contributed by atoms with E-state index in [4.69, 9.17) is 10.2 Å². The normalized spacial score (nSPS) is 14.4. The summed E-state index contributed by atoms with van der Waals surface area (Å²) in [6.45, 7) is 2.42. The lowest BCUT2D eigenvalue weighted by Crippen LogP contribution is -2.43. The molecular weight excluding hydrogens is 424 g/mol. The zero-order valence-electron chi connectivity index (χ0n) is 17.5. The van der Waals surface area contributed by atoms with Gasteiger partial charge in [-0.1, -0.05) is 0 Å². The van der Waals surface area contributed by atoms with E-state index in [1.165, 1.54) is 4.57 Å². The third-order valence-corrected chi connectivity index (χ3v) is 5.19. The number of carboxylic acids is 1. The zero-order valence-corrected chi connectivity index (χ0v) is 17.5. The first-order chi connectivity index (χ1) is 15.1. The first-order valence-corrected chi connectivity index (χ1v) is 9.79. The third-order valence-electron chi connectivity index (χ3n) is 5.19. The Morgan fingerprint density at radius 3 is 2.47 bits per heavy atom. The highest BCUT2D eigenvalue weighted by Gasteiger charge is 2.27. The second-order valence-corrected chi connectivity index (χ2v) is 7.48. The molecule has 172 valence electrons. The summed E-state index contributed by atoms with van der Waals surface area (Å²) < 4.78 is 2.33. The average Bonchev–Trinajstić information content (AvgIpc) is 3.22. The molecule has 0 aliphatic carbocycles. The van der Waals surface area contributed by atoms with E-state index in [1.807, 2.05) is 13.8 Å². The number of fused-ring (bicyclic) bond motifs is 1. The Morgan fingerprint density at radius 1 is 1.12 bits per heavy atom. The summed E-state index contributed by atoms with van der Waals surface area (Å²) >= 11 is 0. The molecule has 0 unspecified atom stereocenters. The number of aliphatic carboxylic acids is 1. The number of aromatic nitrogens is 6. The van der Waals surface area contributed by atoms with Gasteiger partial charge in [0, 0.05) is 0 Å². The lowest BCUT2D eigenvalue weighted by atomic mass is 10.1. The van der Waals surface area contributed by atoms with Gasteiger partial charge >= 0.3 is 5.97 Å². The minimum Gasteiger partial charge on any atom is -0.481 e. The summed E-state index contributed by atoms with van der Waals surface area (Å²) in [7, 11) is 0. The number of aryl methyl sites for hydroxylation is 3. The largest absolute Gasteiger partial charge is 0.481 e. The standard InChI is InChI=1S/C19H24N6O7/c1-9-5-11-12(6-10(9)2)24(7-13(27)17(31)14(28)8-26)19(32)16(20-11)18-21-22-23-25(18)4-3-15(29)30/h5-6,13-14,17,26-28,31H,3-4,7-8H2,1-2H3,(H,29,30)/t13-,14+,17-/m0/s1. The van der Waals surface area contributed by atoms with Crippen molar-refractivity contribution in [2.24, 2.45) is 0 Å². The van der Waals surface area contributed by atoms with Gasteiger partial charge in [0.25, 0.3) is 5.56 Å². The van der Waals surface area contributed by atoms with Gasteiger partial charge in [0.15, 0.2) is 5.69 Å². The lowest BCUT2D eigenvalue weighted by Gasteiger charge is -2.23. The molecule has 0 spiro atoms. The van der Waals surface area contributed by atoms with Crippen LogP contribution in [0.15, 0.2) is 16.9 Å². The van der Waals surface area contributed by atoms with Crippen molar-refractivity contribution in [2.75, 3.05) is 6.61 Å². The van der Waals surface area contributed by atoms with Crippen molar-refractivity contribution >= 4 is 17.0 Å². The molecule has 2 aromatic heterocycles. The van der Waals surface area contributed by atoms with Crippen LogP contribution in [0.5, 0.6) is 0 Å². The fourth-order valence-corrected chi connectivity index (χ4v) is 3.21. The van der Waals surface area contributed by atoms with Crippen LogP contribution < -0.4 is 5.56 Å². The highest BCUT2D eigenvalue weighted by atomic mass is 16.4. The number of nitrogens with zero attached hydrogens (tertiary/aromatic N) is 6. The predicted octanol–water partition coefficient (Wildman–Crippen LogP) is -1.78. The smallest absolute Gasteiger partial charge is 0.305 e. The monoisotopic (exact) mass is 448 g/mol. The molecule has 13 nitrogen and oxygen atoms in total. The number of hydrogen-bond acceptors (Lipinski definition) is 10. The minimum atomic E-state index is -1.70. The van der Waals surface area contributed by atoms with Crippen LogP contribution in [0.3, 0.4) is 0 Å². The molecule has 13 heteroatoms. The predicted molar refractivity (Wildman–Crippen MR) is 110 cm³/mol. The number of carboxylic acid groups (broad SMARTS) is 1. The lowest BCUT2D eigenvalue weighted by molar-refractivity contribution is -0.137. The van der Waals surface area contributed by atoms with Crippen LogP contribution in [0.1, 0.15) is 17.5 Å². The number of aliphatic hydroxyl groups is 4. The number of aliphatic hydroxyl groups excluding tert-OH is 4. The minimum absolute atomic E-state index is 0.0458. The summed E-state index contributed by atoms with van der Waals surface area (Å²) in [5.74, 6) is -1.11. The van der Waals surface area contributed by atoms with Gasteiger partial charge in [-0.25, -0.2) is 9.67 Å². The fraction of sp³-hybridized carbons (Fsp3) is 0.474. The number of benzene rings is 1. The maximum absolute atomic E-state index is 13.3. The molecule has 5 N–H and O–H groups in total. The quantitative estimate of drug-likeness (QED) is 0.248. The Hall–Kier alpha value is -3.26. The van der Waals surface area contributed by atoms with E-state index in [2.05, 4.69) is 20.5 Å². The van der Waals surface area contributed by atoms with E-state index in [9.17, 15) is 24.9 Å². The van der Waals surface area contributed by atoms with Crippen molar-refractivity contribution in [3.63, 3.8) is 0 Å². The highest BCUT2D eigenvalue weighted by molar-refractivity contribution is 5.79. The van der Waals surface area contributed by atoms with Crippen molar-refractivity contribution in [3.8, 4) is 11.5 Å². The summed E-state index contributed by atoms with van der Waals surface area (Å²) in [6.07, 6.45) is -5.16. The molecule has 0 amide bonds. The van der Waals surface area contributed by atoms with E-state index < -0.39 is 43.0 Å². The van der Waals surface area contributed by atoms with Crippen LogP contribution in [0.4, 0.5) is 0 Å². The van der Waals surface area contributed by atoms with Crippen molar-refractivity contribution in [3.05, 3.63) is 33.6 Å². The second kappa shape index (κ2) is 9.48. The molecule has 0 fully saturated rings. The fourth-order valence-electron chi connectivity index (χ4n) is 3.21. The topological polar surface area (TPSA) is 197 Å². The molecule has 32 heavy (non-hydrogen) atoms. The number of carbonyl (C=O) groups is 1. The number of hydrogen-bond donors (Lipinski definition) is 5. The molecule has 0 radical (unpaired) electrons. The molecule has 1 aromatic carbocycles. The molecule has 0 saturated heterocycles. The Bertz CT molecular complexity index is 1190. The van der Waals surface area contributed by atoms with E-state index >= 15 is 0 Å². The molecule has 3 rings (SSSR count). The Morgan fingerprint density at radius 2 is 1.81 bits per heavy atom. The number of rotatable bonds is 9. The van der Waals surface area contributed by atoms with Gasteiger partial charge in [-0.15, -0.1) is 5.10 Å². The van der Waals surface area contributed by atoms with Crippen LogP contribution in [-0.2, 0) is 17.9 Å². The van der Waals surface area contributed by atoms with Crippen molar-refractivity contribution < 1.29 is 30.3 Å². The van der Waals surface area contributed by atoms with Gasteiger partial charge in [-0.3, -0.25) is 9.59 Å². The average molecular weight is 448 g/mol. The Balaban J connectivity index is 2.17. The maximum Gasteiger partial charge on any atom is 0.305 e. The van der Waals surface area contributed by atoms with E-state index in [0.29, 0.717) is 11.0 Å². The molecule has 2 heterocycles. The molecule has 3 atom stereocenters. The summed E-state index contributed by atoms with van der Waals surface area (Å²) in [6, 6.07) is 3.44. The third kappa shape index (κ3) is 4.65. The van der Waals surface area contributed by atoms with Gasteiger partial charge in [0.2, 0.25) is 5.82 Å². The summed E-state index contributed by atoms with van der Waals surface area (Å²) in [4.78, 5) is 28.6. The van der Waals surface area contributed by atoms with E-state index in [0.717, 1.165) is 15.8 Å². The van der Waals surface area contributed by atoms with Crippen LogP contribution in [0.25, 0.3) is 22.6 Å². The van der Waals surface area contributed by atoms with Crippen molar-refractivity contribution in [2.45, 2.75) is 51.7 Å². The van der Waals surface area contributed by atoms with Gasteiger partial charge in [0.05, 0.1) is 37.2 Å². The van der Waals surface area contributed by atoms with E-state index in [-0.39, 0.29) is 24.5 Å². The van der Waals surface area contributed by atoms with Crippen LogP contribution in [0.2, 0.25) is 0 Å². The highest BCUT2D eigenvalue weighted by Crippen LogP contribution is 2.20. The van der Waals surface area contributed by atoms with Crippen LogP contribution >= 0.6 is 0 Å². The summed E-state index contributed by atoms with van der Waals surface area (Å²) in [5.41, 5.74) is 1.66. The molecular formula is C19H24N6O7. The van der Waals surface area contributed by atoms with Crippen molar-refractivity contribution in [1.29, 1.82) is 0 Å². The van der Waals surface area contributed by atoms with Gasteiger partial charge in [-0.05, 0) is 47.5 Å². The number of tetrazole rings is 1. The molecule has 3 aromatic rings. The van der Waals surface area contributed by atoms with Crippen LogP contribution in [-0.4, -0.2) is 86.2 Å². The van der Waals surface area contributed by atoms with Gasteiger partial charge in [0.1, 0.15) is 18.3 Å². The zero-order chi connectivity index (χ0) is 23.6. The Kier molecular flexibility index (Phi) is 6.93. The molecule has 0 aliphatic heterocycles. The van der Waals surface area contributed by atoms with Gasteiger partial charge in [-0.2, -0.15) is 0 Å². The first-order valence-electron chi connectivity index (χ1n) is 9.79. The molecule has 0 saturated carbocycles. The molecule has 0 aliphatic rings. The second-order valence-electron chi connectivity index (χ2n) is 7.48.